The number of carbonyl (C=O) groups is 2. The van der Waals surface area contributed by atoms with Gasteiger partial charge in [0.05, 0.1) is 16.3 Å². The highest BCUT2D eigenvalue weighted by Gasteiger charge is 2.49. The van der Waals surface area contributed by atoms with Gasteiger partial charge >= 0.3 is 5.97 Å². The number of carbonyl (C=O) groups excluding carboxylic acids is 1. The SMILES string of the molecule is CNc1c(C)nsc1-c1ccc2cc(C#CC3(C(=O)O)CC3)ccc2c1.Cc1ccccc1[C@@H](C)OC=O. The largest absolute Gasteiger partial charge is 0.480 e. The minimum absolute atomic E-state index is 0.149. The van der Waals surface area contributed by atoms with Gasteiger partial charge in [-0.2, -0.15) is 4.37 Å². The first-order chi connectivity index (χ1) is 18.3. The molecular weight excluding hydrogens is 496 g/mol. The van der Waals surface area contributed by atoms with Gasteiger partial charge in [-0.25, -0.2) is 0 Å². The number of rotatable bonds is 6. The van der Waals surface area contributed by atoms with Gasteiger partial charge in [0, 0.05) is 12.6 Å². The molecule has 0 bridgehead atoms. The molecule has 0 amide bonds. The number of aromatic nitrogens is 1. The molecule has 1 atom stereocenters. The highest BCUT2D eigenvalue weighted by atomic mass is 32.1. The van der Waals surface area contributed by atoms with Crippen molar-refractivity contribution in [2.45, 2.75) is 39.7 Å². The van der Waals surface area contributed by atoms with Crippen LogP contribution in [-0.2, 0) is 14.3 Å². The fraction of sp³-hybridized carbons (Fsp3) is 0.258. The predicted octanol–water partition coefficient (Wildman–Crippen LogP) is 6.76. The van der Waals surface area contributed by atoms with Crippen molar-refractivity contribution in [1.82, 2.24) is 4.37 Å². The fourth-order valence-electron chi connectivity index (χ4n) is 4.23. The summed E-state index contributed by atoms with van der Waals surface area (Å²) in [5.41, 5.74) is 5.45. The lowest BCUT2D eigenvalue weighted by atomic mass is 10.0. The van der Waals surface area contributed by atoms with Gasteiger partial charge in [-0.3, -0.25) is 9.59 Å². The molecule has 7 heteroatoms. The van der Waals surface area contributed by atoms with Crippen LogP contribution in [0.15, 0.2) is 60.7 Å². The van der Waals surface area contributed by atoms with Crippen molar-refractivity contribution in [2.75, 3.05) is 12.4 Å². The van der Waals surface area contributed by atoms with E-state index in [0.29, 0.717) is 19.3 Å². The Balaban J connectivity index is 0.000000236. The lowest BCUT2D eigenvalue weighted by Gasteiger charge is -2.11. The second kappa shape index (κ2) is 11.5. The molecule has 38 heavy (non-hydrogen) atoms. The number of hydrogen-bond donors (Lipinski definition) is 2. The van der Waals surface area contributed by atoms with E-state index in [9.17, 15) is 14.7 Å². The molecule has 3 aromatic carbocycles. The second-order valence-corrected chi connectivity index (χ2v) is 10.1. The summed E-state index contributed by atoms with van der Waals surface area (Å²) < 4.78 is 9.27. The number of hydrogen-bond acceptors (Lipinski definition) is 6. The standard InChI is InChI=1S/C21H18N2O2S.C10H12O2/c1-13-18(22-2)19(26-23-13)17-6-5-15-11-14(3-4-16(15)12-17)7-8-21(9-10-21)20(24)25;1-8-5-3-4-6-10(8)9(2)12-7-11/h3-6,11-12,22H,9-10H2,1-2H3,(H,24,25);3-7,9H,1-2H3/t;9-/m.1/s1. The summed E-state index contributed by atoms with van der Waals surface area (Å²) in [6.45, 7) is 6.34. The third kappa shape index (κ3) is 5.87. The van der Waals surface area contributed by atoms with Crippen molar-refractivity contribution in [3.63, 3.8) is 0 Å². The molecule has 1 heterocycles. The van der Waals surface area contributed by atoms with Crippen LogP contribution < -0.4 is 5.32 Å². The molecule has 2 N–H and O–H groups in total. The number of carboxylic acid groups (broad SMARTS) is 1. The molecule has 1 aromatic heterocycles. The zero-order valence-corrected chi connectivity index (χ0v) is 22.7. The van der Waals surface area contributed by atoms with Gasteiger partial charge in [-0.05, 0) is 90.8 Å². The number of fused-ring (bicyclic) bond motifs is 1. The second-order valence-electron chi connectivity index (χ2n) is 9.37. The van der Waals surface area contributed by atoms with E-state index < -0.39 is 11.4 Å². The molecule has 0 radical (unpaired) electrons. The van der Waals surface area contributed by atoms with Crippen LogP contribution in [0, 0.1) is 31.1 Å². The van der Waals surface area contributed by atoms with Crippen LogP contribution in [0.1, 0.15) is 48.3 Å². The number of nitrogens with one attached hydrogen (secondary N) is 1. The number of benzene rings is 3. The molecule has 0 saturated heterocycles. The number of carboxylic acids is 1. The third-order valence-electron chi connectivity index (χ3n) is 6.71. The van der Waals surface area contributed by atoms with Gasteiger partial charge in [-0.15, -0.1) is 0 Å². The molecule has 1 saturated carbocycles. The fourth-order valence-corrected chi connectivity index (χ4v) is 5.13. The van der Waals surface area contributed by atoms with Gasteiger partial charge in [0.1, 0.15) is 11.5 Å². The van der Waals surface area contributed by atoms with E-state index in [2.05, 4.69) is 39.7 Å². The van der Waals surface area contributed by atoms with Crippen LogP contribution in [-0.4, -0.2) is 29.0 Å². The summed E-state index contributed by atoms with van der Waals surface area (Å²) in [4.78, 5) is 22.4. The van der Waals surface area contributed by atoms with Gasteiger partial charge in [0.15, 0.2) is 0 Å². The quantitative estimate of drug-likeness (QED) is 0.213. The molecule has 0 unspecified atom stereocenters. The van der Waals surface area contributed by atoms with E-state index in [4.69, 9.17) is 4.74 Å². The van der Waals surface area contributed by atoms with Crippen molar-refractivity contribution >= 4 is 40.4 Å². The molecule has 4 aromatic rings. The number of ether oxygens (including phenoxy) is 1. The Hall–Kier alpha value is -4.15. The van der Waals surface area contributed by atoms with Crippen molar-refractivity contribution in [2.24, 2.45) is 5.41 Å². The molecule has 194 valence electrons. The van der Waals surface area contributed by atoms with Crippen molar-refractivity contribution in [3.8, 4) is 22.3 Å². The molecule has 1 aliphatic rings. The van der Waals surface area contributed by atoms with Crippen LogP contribution in [0.2, 0.25) is 0 Å². The maximum absolute atomic E-state index is 11.2. The topological polar surface area (TPSA) is 88.5 Å². The number of anilines is 1. The predicted molar refractivity (Wildman–Crippen MR) is 152 cm³/mol. The van der Waals surface area contributed by atoms with Crippen LogP contribution in [0.4, 0.5) is 5.69 Å². The van der Waals surface area contributed by atoms with E-state index in [1.165, 1.54) is 11.5 Å². The van der Waals surface area contributed by atoms with E-state index in [1.54, 1.807) is 0 Å². The number of aryl methyl sites for hydroxylation is 2. The Morgan fingerprint density at radius 3 is 2.50 bits per heavy atom. The van der Waals surface area contributed by atoms with E-state index in [0.717, 1.165) is 49.3 Å². The lowest BCUT2D eigenvalue weighted by Crippen LogP contribution is -2.11. The van der Waals surface area contributed by atoms with Gasteiger partial charge in [0.2, 0.25) is 0 Å². The number of aliphatic carboxylic acids is 1. The molecule has 5 rings (SSSR count). The highest BCUT2D eigenvalue weighted by Crippen LogP contribution is 2.45. The van der Waals surface area contributed by atoms with Gasteiger partial charge in [0.25, 0.3) is 6.47 Å². The van der Waals surface area contributed by atoms with Crippen molar-refractivity contribution < 1.29 is 19.4 Å². The van der Waals surface area contributed by atoms with Crippen LogP contribution >= 0.6 is 11.5 Å². The van der Waals surface area contributed by atoms with Crippen LogP contribution in [0.3, 0.4) is 0 Å². The summed E-state index contributed by atoms with van der Waals surface area (Å²) in [5, 5.41) is 14.7. The van der Waals surface area contributed by atoms with Crippen molar-refractivity contribution in [3.05, 3.63) is 83.0 Å². The Kier molecular flexibility index (Phi) is 8.13. The smallest absolute Gasteiger partial charge is 0.321 e. The minimum Gasteiger partial charge on any atom is -0.480 e. The average molecular weight is 527 g/mol. The summed E-state index contributed by atoms with van der Waals surface area (Å²) in [6.07, 6.45) is 1.14. The highest BCUT2D eigenvalue weighted by molar-refractivity contribution is 7.10. The zero-order chi connectivity index (χ0) is 27.3. The van der Waals surface area contributed by atoms with Crippen molar-refractivity contribution in [1.29, 1.82) is 0 Å². The van der Waals surface area contributed by atoms with Gasteiger partial charge in [-0.1, -0.05) is 54.3 Å². The first-order valence-electron chi connectivity index (χ1n) is 12.4. The first kappa shape index (κ1) is 26.9. The molecule has 1 fully saturated rings. The summed E-state index contributed by atoms with van der Waals surface area (Å²) in [7, 11) is 1.91. The van der Waals surface area contributed by atoms with E-state index >= 15 is 0 Å². The molecular formula is C31H30N2O4S. The zero-order valence-electron chi connectivity index (χ0n) is 21.9. The molecule has 1 aliphatic carbocycles. The average Bonchev–Trinajstić information content (AvgIpc) is 3.63. The van der Waals surface area contributed by atoms with Crippen LogP contribution in [0.5, 0.6) is 0 Å². The Bertz CT molecular complexity index is 1540. The molecule has 6 nitrogen and oxygen atoms in total. The summed E-state index contributed by atoms with van der Waals surface area (Å²) >= 11 is 1.50. The molecule has 0 spiro atoms. The van der Waals surface area contributed by atoms with E-state index in [-0.39, 0.29) is 6.10 Å². The lowest BCUT2D eigenvalue weighted by molar-refractivity contribution is -0.141. The Morgan fingerprint density at radius 1 is 1.13 bits per heavy atom. The minimum atomic E-state index is -0.813. The summed E-state index contributed by atoms with van der Waals surface area (Å²) in [5.74, 6) is 5.17. The molecule has 0 aliphatic heterocycles. The van der Waals surface area contributed by atoms with Gasteiger partial charge < -0.3 is 15.2 Å². The normalized spacial score (nSPS) is 13.8. The monoisotopic (exact) mass is 526 g/mol. The maximum atomic E-state index is 11.2. The Morgan fingerprint density at radius 2 is 1.84 bits per heavy atom. The van der Waals surface area contributed by atoms with E-state index in [1.807, 2.05) is 70.3 Å². The third-order valence-corrected chi connectivity index (χ3v) is 7.69. The maximum Gasteiger partial charge on any atom is 0.321 e. The number of nitrogens with zero attached hydrogens (tertiary/aromatic N) is 1. The first-order valence-corrected chi connectivity index (χ1v) is 13.1. The Labute approximate surface area is 226 Å². The summed E-state index contributed by atoms with van der Waals surface area (Å²) in [6, 6.07) is 20.2. The van der Waals surface area contributed by atoms with Crippen LogP contribution in [0.25, 0.3) is 21.2 Å².